The number of nitrogens with zero attached hydrogens (tertiary/aromatic N) is 1. The van der Waals surface area contributed by atoms with E-state index in [1.165, 1.54) is 18.2 Å². The van der Waals surface area contributed by atoms with Crippen molar-refractivity contribution in [1.82, 2.24) is 0 Å². The average Bonchev–Trinajstić information content (AvgIpc) is 2.51. The molecular formula is C15H9BrN2O4. The van der Waals surface area contributed by atoms with E-state index in [2.05, 4.69) is 21.2 Å². The fourth-order valence-corrected chi connectivity index (χ4v) is 3.13. The third-order valence-corrected chi connectivity index (χ3v) is 4.25. The minimum Gasteiger partial charge on any atom is -0.388 e. The third kappa shape index (κ3) is 1.86. The van der Waals surface area contributed by atoms with Gasteiger partial charge in [-0.1, -0.05) is 22.0 Å². The molecule has 0 aliphatic heterocycles. The lowest BCUT2D eigenvalue weighted by Crippen LogP contribution is -2.24. The number of benzene rings is 2. The number of nitro groups is 1. The van der Waals surface area contributed by atoms with Crippen molar-refractivity contribution in [3.05, 3.63) is 67.2 Å². The average molecular weight is 361 g/mol. The molecule has 0 atom stereocenters. The minimum absolute atomic E-state index is 0.0568. The molecule has 0 fully saturated rings. The zero-order chi connectivity index (χ0) is 16.0. The van der Waals surface area contributed by atoms with Gasteiger partial charge < -0.3 is 5.32 Å². The number of fused-ring (bicyclic) bond motifs is 2. The summed E-state index contributed by atoms with van der Waals surface area (Å²) >= 11 is 3.26. The smallest absolute Gasteiger partial charge is 0.281 e. The number of carbonyl (C=O) groups excluding carboxylic acids is 2. The first-order chi connectivity index (χ1) is 10.5. The number of ketones is 2. The van der Waals surface area contributed by atoms with E-state index in [0.29, 0.717) is 10.2 Å². The Morgan fingerprint density at radius 2 is 1.77 bits per heavy atom. The number of rotatable bonds is 2. The second-order valence-corrected chi connectivity index (χ2v) is 5.56. The number of hydrogen-bond donors (Lipinski definition) is 1. The van der Waals surface area contributed by atoms with E-state index < -0.39 is 16.5 Å². The number of anilines is 1. The molecule has 0 unspecified atom stereocenters. The standard InChI is InChI=1S/C15H9BrN2O4/c1-17-9-6-5-8(16)12-13(9)14(19)7-3-2-4-10(18(21)22)11(7)15(12)20/h2-6,17H,1H3. The van der Waals surface area contributed by atoms with E-state index in [4.69, 9.17) is 0 Å². The summed E-state index contributed by atoms with van der Waals surface area (Å²) in [6.07, 6.45) is 0. The highest BCUT2D eigenvalue weighted by atomic mass is 79.9. The Morgan fingerprint density at radius 1 is 1.05 bits per heavy atom. The van der Waals surface area contributed by atoms with Gasteiger partial charge in [-0.2, -0.15) is 0 Å². The molecule has 0 spiro atoms. The molecule has 7 heteroatoms. The summed E-state index contributed by atoms with van der Waals surface area (Å²) in [6.45, 7) is 0. The van der Waals surface area contributed by atoms with Crippen LogP contribution < -0.4 is 5.32 Å². The van der Waals surface area contributed by atoms with Gasteiger partial charge in [0.1, 0.15) is 5.56 Å². The van der Waals surface area contributed by atoms with Gasteiger partial charge >= 0.3 is 0 Å². The molecule has 0 saturated heterocycles. The van der Waals surface area contributed by atoms with Gasteiger partial charge in [0, 0.05) is 28.8 Å². The normalized spacial score (nSPS) is 12.6. The molecule has 0 amide bonds. The maximum Gasteiger partial charge on any atom is 0.281 e. The first kappa shape index (κ1) is 14.4. The fraction of sp³-hybridized carbons (Fsp3) is 0.0667. The molecular weight excluding hydrogens is 352 g/mol. The molecule has 0 bridgehead atoms. The lowest BCUT2D eigenvalue weighted by atomic mass is 9.82. The molecule has 2 aromatic rings. The fourth-order valence-electron chi connectivity index (χ4n) is 2.62. The number of nitro benzene ring substituents is 1. The van der Waals surface area contributed by atoms with E-state index in [0.717, 1.165) is 0 Å². The molecule has 0 saturated carbocycles. The summed E-state index contributed by atoms with van der Waals surface area (Å²) in [7, 11) is 1.64. The molecule has 1 aliphatic carbocycles. The lowest BCUT2D eigenvalue weighted by molar-refractivity contribution is -0.385. The Balaban J connectivity index is 2.40. The highest BCUT2D eigenvalue weighted by Gasteiger charge is 2.37. The molecule has 2 aromatic carbocycles. The Labute approximate surface area is 133 Å². The molecule has 22 heavy (non-hydrogen) atoms. The molecule has 0 radical (unpaired) electrons. The van der Waals surface area contributed by atoms with Gasteiger partial charge in [0.15, 0.2) is 5.78 Å². The van der Waals surface area contributed by atoms with Gasteiger partial charge in [-0.15, -0.1) is 0 Å². The third-order valence-electron chi connectivity index (χ3n) is 3.59. The van der Waals surface area contributed by atoms with Crippen LogP contribution in [0, 0.1) is 10.1 Å². The number of hydrogen-bond acceptors (Lipinski definition) is 5. The summed E-state index contributed by atoms with van der Waals surface area (Å²) in [6, 6.07) is 7.38. The topological polar surface area (TPSA) is 89.3 Å². The Kier molecular flexibility index (Phi) is 3.29. The van der Waals surface area contributed by atoms with Gasteiger partial charge in [-0.3, -0.25) is 19.7 Å². The van der Waals surface area contributed by atoms with Gasteiger partial charge in [0.05, 0.1) is 16.1 Å². The zero-order valence-corrected chi connectivity index (χ0v) is 12.9. The first-order valence-electron chi connectivity index (χ1n) is 6.34. The molecule has 6 nitrogen and oxygen atoms in total. The van der Waals surface area contributed by atoms with E-state index in [-0.39, 0.29) is 27.9 Å². The van der Waals surface area contributed by atoms with Crippen LogP contribution in [0.4, 0.5) is 11.4 Å². The largest absolute Gasteiger partial charge is 0.388 e. The van der Waals surface area contributed by atoms with E-state index in [9.17, 15) is 19.7 Å². The monoisotopic (exact) mass is 360 g/mol. The van der Waals surface area contributed by atoms with Gasteiger partial charge in [-0.25, -0.2) is 0 Å². The molecule has 1 aliphatic rings. The van der Waals surface area contributed by atoms with Crippen LogP contribution in [0.3, 0.4) is 0 Å². The van der Waals surface area contributed by atoms with E-state index in [1.54, 1.807) is 19.2 Å². The maximum absolute atomic E-state index is 12.8. The van der Waals surface area contributed by atoms with Crippen molar-refractivity contribution in [3.8, 4) is 0 Å². The highest BCUT2D eigenvalue weighted by molar-refractivity contribution is 9.10. The Hall–Kier alpha value is -2.54. The molecule has 0 aromatic heterocycles. The first-order valence-corrected chi connectivity index (χ1v) is 7.13. The lowest BCUT2D eigenvalue weighted by Gasteiger charge is -2.21. The second-order valence-electron chi connectivity index (χ2n) is 4.71. The van der Waals surface area contributed by atoms with Gasteiger partial charge in [0.25, 0.3) is 5.69 Å². The predicted molar refractivity (Wildman–Crippen MR) is 83.7 cm³/mol. The van der Waals surface area contributed by atoms with Crippen molar-refractivity contribution in [2.45, 2.75) is 0 Å². The molecule has 110 valence electrons. The zero-order valence-electron chi connectivity index (χ0n) is 11.3. The van der Waals surface area contributed by atoms with E-state index in [1.807, 2.05) is 0 Å². The van der Waals surface area contributed by atoms with Crippen molar-refractivity contribution in [2.75, 3.05) is 12.4 Å². The predicted octanol–water partition coefficient (Wildman–Crippen LogP) is 3.17. The van der Waals surface area contributed by atoms with Crippen LogP contribution in [-0.4, -0.2) is 23.5 Å². The van der Waals surface area contributed by atoms with Crippen molar-refractivity contribution < 1.29 is 14.5 Å². The second kappa shape index (κ2) is 5.03. The number of carbonyl (C=O) groups is 2. The Bertz CT molecular complexity index is 861. The molecule has 1 N–H and O–H groups in total. The van der Waals surface area contributed by atoms with Crippen LogP contribution in [-0.2, 0) is 0 Å². The van der Waals surface area contributed by atoms with E-state index >= 15 is 0 Å². The maximum atomic E-state index is 12.8. The number of nitrogens with one attached hydrogen (secondary N) is 1. The summed E-state index contributed by atoms with van der Waals surface area (Å²) in [5.41, 5.74) is 0.436. The SMILES string of the molecule is CNc1ccc(Br)c2c1C(=O)c1cccc([N+](=O)[O-])c1C2=O. The van der Waals surface area contributed by atoms with Crippen LogP contribution in [0.15, 0.2) is 34.8 Å². The number of halogens is 1. The van der Waals surface area contributed by atoms with Gasteiger partial charge in [-0.05, 0) is 18.2 Å². The van der Waals surface area contributed by atoms with Crippen LogP contribution >= 0.6 is 15.9 Å². The summed E-state index contributed by atoms with van der Waals surface area (Å²) in [5.74, 6) is -0.931. The summed E-state index contributed by atoms with van der Waals surface area (Å²) in [4.78, 5) is 36.0. The van der Waals surface area contributed by atoms with Crippen molar-refractivity contribution in [2.24, 2.45) is 0 Å². The molecule has 0 heterocycles. The molecule has 3 rings (SSSR count). The summed E-state index contributed by atoms with van der Waals surface area (Å²) in [5, 5.41) is 14.0. The van der Waals surface area contributed by atoms with Crippen molar-refractivity contribution in [3.63, 3.8) is 0 Å². The van der Waals surface area contributed by atoms with Crippen molar-refractivity contribution >= 4 is 38.9 Å². The van der Waals surface area contributed by atoms with Crippen LogP contribution in [0.2, 0.25) is 0 Å². The highest BCUT2D eigenvalue weighted by Crippen LogP contribution is 2.39. The quantitative estimate of drug-likeness (QED) is 0.559. The van der Waals surface area contributed by atoms with Crippen LogP contribution in [0.5, 0.6) is 0 Å². The van der Waals surface area contributed by atoms with Crippen molar-refractivity contribution in [1.29, 1.82) is 0 Å². The van der Waals surface area contributed by atoms with Gasteiger partial charge in [0.2, 0.25) is 5.78 Å². The van der Waals surface area contributed by atoms with Crippen LogP contribution in [0.25, 0.3) is 0 Å². The van der Waals surface area contributed by atoms with Crippen LogP contribution in [0.1, 0.15) is 31.8 Å². The summed E-state index contributed by atoms with van der Waals surface area (Å²) < 4.78 is 0.434. The Morgan fingerprint density at radius 3 is 2.41 bits per heavy atom. The minimum atomic E-state index is -0.648.